The Labute approximate surface area is 184 Å². The molecule has 1 amide bonds. The minimum Gasteiger partial charge on any atom is -0.366 e. The molecule has 0 radical (unpaired) electrons. The number of anilines is 1. The fourth-order valence-electron chi connectivity index (χ4n) is 3.68. The number of aromatic amines is 1. The summed E-state index contributed by atoms with van der Waals surface area (Å²) in [5.74, 6) is -0.233. The van der Waals surface area contributed by atoms with Crippen LogP contribution in [-0.4, -0.2) is 36.6 Å². The van der Waals surface area contributed by atoms with E-state index in [2.05, 4.69) is 27.4 Å². The molecule has 0 unspecified atom stereocenters. The predicted octanol–water partition coefficient (Wildman–Crippen LogP) is 3.71. The predicted molar refractivity (Wildman–Crippen MR) is 125 cm³/mol. The van der Waals surface area contributed by atoms with Gasteiger partial charge in [-0.2, -0.15) is 0 Å². The highest BCUT2D eigenvalue weighted by atomic mass is 35.5. The van der Waals surface area contributed by atoms with E-state index in [1.807, 2.05) is 46.8 Å². The second-order valence-corrected chi connectivity index (χ2v) is 7.76. The Morgan fingerprint density at radius 3 is 2.40 bits per heavy atom. The Balaban J connectivity index is 0.00000155. The van der Waals surface area contributed by atoms with Gasteiger partial charge in [-0.3, -0.25) is 9.59 Å². The summed E-state index contributed by atoms with van der Waals surface area (Å²) in [7, 11) is 0. The van der Waals surface area contributed by atoms with Crippen LogP contribution in [0.5, 0.6) is 0 Å². The molecule has 2 aromatic rings. The number of aromatic nitrogens is 1. The number of H-pyrrole nitrogens is 1. The summed E-state index contributed by atoms with van der Waals surface area (Å²) in [6, 6.07) is 5.92. The van der Waals surface area contributed by atoms with Crippen LogP contribution >= 0.6 is 11.6 Å². The summed E-state index contributed by atoms with van der Waals surface area (Å²) in [4.78, 5) is 30.1. The van der Waals surface area contributed by atoms with Crippen molar-refractivity contribution in [2.45, 2.75) is 54.1 Å². The number of likely N-dealkylation sites (N-methyl/N-ethyl adjacent to an activating group) is 1. The van der Waals surface area contributed by atoms with Crippen LogP contribution in [-0.2, 0) is 6.54 Å². The van der Waals surface area contributed by atoms with E-state index in [-0.39, 0.29) is 18.0 Å². The van der Waals surface area contributed by atoms with E-state index in [4.69, 9.17) is 11.6 Å². The highest BCUT2D eigenvalue weighted by Crippen LogP contribution is 2.30. The maximum Gasteiger partial charge on any atom is 0.253 e. The van der Waals surface area contributed by atoms with Crippen molar-refractivity contribution in [3.63, 3.8) is 0 Å². The fraction of sp³-hybridized carbons (Fsp3) is 0.478. The molecular weight excluding hydrogens is 400 g/mol. The number of hydrogen-bond acceptors (Lipinski definition) is 4. The van der Waals surface area contributed by atoms with Crippen LogP contribution in [0.2, 0.25) is 5.02 Å². The van der Waals surface area contributed by atoms with Gasteiger partial charge in [-0.25, -0.2) is 0 Å². The molecule has 3 N–H and O–H groups in total. The van der Waals surface area contributed by atoms with Gasteiger partial charge in [0.2, 0.25) is 0 Å². The second-order valence-electron chi connectivity index (χ2n) is 7.32. The van der Waals surface area contributed by atoms with E-state index in [0.717, 1.165) is 42.1 Å². The Bertz CT molecular complexity index is 951. The molecule has 30 heavy (non-hydrogen) atoms. The number of benzene rings is 1. The molecule has 0 aliphatic carbocycles. The van der Waals surface area contributed by atoms with Crippen molar-refractivity contribution in [2.24, 2.45) is 0 Å². The number of pyridine rings is 1. The van der Waals surface area contributed by atoms with Gasteiger partial charge in [-0.15, -0.1) is 0 Å². The summed E-state index contributed by atoms with van der Waals surface area (Å²) in [6.07, 6.45) is 0. The third-order valence-corrected chi connectivity index (χ3v) is 5.58. The van der Waals surface area contributed by atoms with Gasteiger partial charge in [0.1, 0.15) is 0 Å². The van der Waals surface area contributed by atoms with Crippen molar-refractivity contribution >= 4 is 23.2 Å². The van der Waals surface area contributed by atoms with Crippen molar-refractivity contribution in [1.29, 1.82) is 0 Å². The first-order valence-electron chi connectivity index (χ1n) is 10.6. The molecule has 3 rings (SSSR count). The number of hydrogen-bond donors (Lipinski definition) is 3. The molecule has 1 fully saturated rings. The molecule has 1 aromatic heterocycles. The molecule has 0 spiro atoms. The van der Waals surface area contributed by atoms with Crippen molar-refractivity contribution in [3.8, 4) is 0 Å². The van der Waals surface area contributed by atoms with Crippen LogP contribution in [0.1, 0.15) is 53.5 Å². The van der Waals surface area contributed by atoms with Gasteiger partial charge in [0, 0.05) is 53.7 Å². The van der Waals surface area contributed by atoms with E-state index < -0.39 is 0 Å². The summed E-state index contributed by atoms with van der Waals surface area (Å²) in [5, 5.41) is 6.69. The minimum atomic E-state index is -0.233. The Morgan fingerprint density at radius 2 is 1.87 bits per heavy atom. The van der Waals surface area contributed by atoms with Crippen LogP contribution in [0.3, 0.4) is 0 Å². The molecular formula is C23H33ClN4O2. The third kappa shape index (κ3) is 5.24. The topological polar surface area (TPSA) is 77.2 Å². The zero-order chi connectivity index (χ0) is 22.4. The molecule has 0 bridgehead atoms. The second kappa shape index (κ2) is 10.6. The number of nitrogens with zero attached hydrogens (tertiary/aromatic N) is 1. The molecule has 1 aliphatic heterocycles. The smallest absolute Gasteiger partial charge is 0.253 e. The van der Waals surface area contributed by atoms with E-state index in [1.165, 1.54) is 0 Å². The summed E-state index contributed by atoms with van der Waals surface area (Å²) in [6.45, 7) is 14.6. The van der Waals surface area contributed by atoms with Crippen molar-refractivity contribution in [2.75, 3.05) is 24.5 Å². The molecule has 1 saturated heterocycles. The first-order valence-corrected chi connectivity index (χ1v) is 10.9. The van der Waals surface area contributed by atoms with Gasteiger partial charge in [0.15, 0.2) is 0 Å². The lowest BCUT2D eigenvalue weighted by Crippen LogP contribution is -2.57. The number of halogens is 1. The van der Waals surface area contributed by atoms with Gasteiger partial charge >= 0.3 is 0 Å². The van der Waals surface area contributed by atoms with Gasteiger partial charge in [-0.05, 0) is 57.0 Å². The molecule has 6 nitrogen and oxygen atoms in total. The SMILES string of the molecule is CC.CCN(c1cc(Cl)cc(C(=O)NCc2c(C)cc(C)[nH]c2=O)c1C)C1CNC1. The number of carbonyl (C=O) groups is 1. The summed E-state index contributed by atoms with van der Waals surface area (Å²) < 4.78 is 0. The first kappa shape index (κ1) is 24.0. The molecule has 1 aliphatic rings. The lowest BCUT2D eigenvalue weighted by molar-refractivity contribution is 0.0950. The molecule has 164 valence electrons. The monoisotopic (exact) mass is 432 g/mol. The maximum atomic E-state index is 12.9. The van der Waals surface area contributed by atoms with Crippen molar-refractivity contribution < 1.29 is 4.79 Å². The van der Waals surface area contributed by atoms with Gasteiger partial charge in [0.05, 0.1) is 6.04 Å². The van der Waals surface area contributed by atoms with Crippen molar-refractivity contribution in [3.05, 3.63) is 61.5 Å². The van der Waals surface area contributed by atoms with Crippen LogP contribution < -0.4 is 21.1 Å². The average Bonchev–Trinajstić information content (AvgIpc) is 2.66. The first-order chi connectivity index (χ1) is 14.3. The normalized spacial score (nSPS) is 13.2. The summed E-state index contributed by atoms with van der Waals surface area (Å²) in [5.41, 5.74) is 4.47. The molecule has 2 heterocycles. The molecule has 0 atom stereocenters. The summed E-state index contributed by atoms with van der Waals surface area (Å²) >= 11 is 6.34. The largest absolute Gasteiger partial charge is 0.366 e. The lowest BCUT2D eigenvalue weighted by Gasteiger charge is -2.40. The zero-order valence-electron chi connectivity index (χ0n) is 18.8. The van der Waals surface area contributed by atoms with E-state index >= 15 is 0 Å². The number of rotatable bonds is 6. The number of aryl methyl sites for hydroxylation is 2. The van der Waals surface area contributed by atoms with Gasteiger partial charge < -0.3 is 20.5 Å². The van der Waals surface area contributed by atoms with E-state index in [0.29, 0.717) is 22.2 Å². The van der Waals surface area contributed by atoms with Crippen LogP contribution in [0.15, 0.2) is 23.0 Å². The minimum absolute atomic E-state index is 0.170. The number of nitrogens with one attached hydrogen (secondary N) is 3. The highest BCUT2D eigenvalue weighted by molar-refractivity contribution is 6.31. The van der Waals surface area contributed by atoms with Gasteiger partial charge in [-0.1, -0.05) is 25.4 Å². The molecule has 0 saturated carbocycles. The standard InChI is InChI=1S/C21H27ClN4O2.C2H6/c1-5-26(16-9-23-10-16)19-8-15(22)7-17(14(19)4)20(27)24-11-18-12(2)6-13(3)25-21(18)28;1-2/h6-8,16,23H,5,9-11H2,1-4H3,(H,24,27)(H,25,28);1-2H3. The molecule has 1 aromatic carbocycles. The van der Waals surface area contributed by atoms with Crippen LogP contribution in [0.25, 0.3) is 0 Å². The maximum absolute atomic E-state index is 12.9. The Kier molecular flexibility index (Phi) is 8.50. The Morgan fingerprint density at radius 1 is 1.20 bits per heavy atom. The van der Waals surface area contributed by atoms with Crippen LogP contribution in [0.4, 0.5) is 5.69 Å². The fourth-order valence-corrected chi connectivity index (χ4v) is 3.90. The average molecular weight is 433 g/mol. The zero-order valence-corrected chi connectivity index (χ0v) is 19.5. The third-order valence-electron chi connectivity index (χ3n) is 5.36. The highest BCUT2D eigenvalue weighted by Gasteiger charge is 2.26. The Hall–Kier alpha value is -2.31. The van der Waals surface area contributed by atoms with E-state index in [1.54, 1.807) is 6.07 Å². The molecule has 7 heteroatoms. The van der Waals surface area contributed by atoms with Crippen LogP contribution in [0, 0.1) is 20.8 Å². The van der Waals surface area contributed by atoms with Crippen molar-refractivity contribution in [1.82, 2.24) is 15.6 Å². The lowest BCUT2D eigenvalue weighted by atomic mass is 10.0. The van der Waals surface area contributed by atoms with Gasteiger partial charge in [0.25, 0.3) is 11.5 Å². The number of amides is 1. The quantitative estimate of drug-likeness (QED) is 0.650. The van der Waals surface area contributed by atoms with E-state index in [9.17, 15) is 9.59 Å². The number of carbonyl (C=O) groups excluding carboxylic acids is 1.